The van der Waals surface area contributed by atoms with Crippen molar-refractivity contribution in [2.75, 3.05) is 25.2 Å². The quantitative estimate of drug-likeness (QED) is 0.563. The van der Waals surface area contributed by atoms with E-state index >= 15 is 0 Å². The monoisotopic (exact) mass is 420 g/mol. The van der Waals surface area contributed by atoms with Crippen LogP contribution in [0.1, 0.15) is 41.9 Å². The molecule has 1 aliphatic heterocycles. The molecule has 2 amide bonds. The number of methoxy groups -OCH3 is 1. The van der Waals surface area contributed by atoms with E-state index in [0.29, 0.717) is 35.0 Å². The molecule has 0 spiro atoms. The highest BCUT2D eigenvalue weighted by atomic mass is 16.5. The number of ether oxygens (including phenoxy) is 2. The number of carbonyl (C=O) groups excluding carboxylic acids is 2. The second-order valence-corrected chi connectivity index (χ2v) is 7.20. The summed E-state index contributed by atoms with van der Waals surface area (Å²) < 4.78 is 11.1. The Labute approximate surface area is 180 Å². The van der Waals surface area contributed by atoms with E-state index in [1.54, 1.807) is 24.3 Å². The van der Waals surface area contributed by atoms with Gasteiger partial charge in [-0.3, -0.25) is 14.5 Å². The summed E-state index contributed by atoms with van der Waals surface area (Å²) in [5, 5.41) is 3.65. The number of pyridine rings is 2. The topological polar surface area (TPSA) is 93.7 Å². The number of nitrogens with zero attached hydrogens (tertiary/aromatic N) is 3. The molecule has 8 nitrogen and oxygen atoms in total. The molecule has 4 rings (SSSR count). The Morgan fingerprint density at radius 1 is 1.13 bits per heavy atom. The summed E-state index contributed by atoms with van der Waals surface area (Å²) in [7, 11) is 1.54. The van der Waals surface area contributed by atoms with Crippen molar-refractivity contribution in [3.8, 4) is 5.88 Å². The van der Waals surface area contributed by atoms with Gasteiger partial charge in [0.2, 0.25) is 11.8 Å². The number of fused-ring (bicyclic) bond motifs is 2. The summed E-state index contributed by atoms with van der Waals surface area (Å²) in [5.41, 5.74) is 1.69. The first-order valence-electron chi connectivity index (χ1n) is 10.2. The summed E-state index contributed by atoms with van der Waals surface area (Å²) in [6.07, 6.45) is 1.14. The van der Waals surface area contributed by atoms with Gasteiger partial charge in [0.1, 0.15) is 12.4 Å². The number of anilines is 1. The average Bonchev–Trinajstić information content (AvgIpc) is 3.09. The summed E-state index contributed by atoms with van der Waals surface area (Å²) in [6.45, 7) is 2.50. The first kappa shape index (κ1) is 20.7. The lowest BCUT2D eigenvalue weighted by molar-refractivity contribution is -0.127. The number of hydrogen-bond donors (Lipinski definition) is 1. The molecule has 0 bridgehead atoms. The Morgan fingerprint density at radius 2 is 1.94 bits per heavy atom. The molecule has 160 valence electrons. The van der Waals surface area contributed by atoms with E-state index in [0.717, 1.165) is 18.2 Å². The maximum Gasteiger partial charge on any atom is 0.262 e. The highest BCUT2D eigenvalue weighted by Crippen LogP contribution is 2.37. The van der Waals surface area contributed by atoms with Crippen LogP contribution in [0.2, 0.25) is 0 Å². The van der Waals surface area contributed by atoms with Gasteiger partial charge in [-0.25, -0.2) is 4.98 Å². The van der Waals surface area contributed by atoms with Crippen molar-refractivity contribution in [1.29, 1.82) is 0 Å². The molecule has 8 heteroatoms. The number of carbonyl (C=O) groups is 2. The average molecular weight is 420 g/mol. The summed E-state index contributed by atoms with van der Waals surface area (Å²) in [4.78, 5) is 35.8. The normalized spacial score (nSPS) is 15.2. The third-order valence-electron chi connectivity index (χ3n) is 5.10. The zero-order chi connectivity index (χ0) is 21.8. The highest BCUT2D eigenvalue weighted by molar-refractivity contribution is 6.10. The standard InChI is InChI=1S/C23H24N4O4/c1-3-4-13-24-19(28)14-31-23-17-8-6-5-7-16(17)22(29)27(23)18-11-9-15-10-12-20(30-2)26-21(15)25-18/h5-12,23H,3-4,13-14H2,1-2H3,(H,24,28). The molecule has 1 N–H and O–H groups in total. The minimum atomic E-state index is -0.754. The van der Waals surface area contributed by atoms with Crippen molar-refractivity contribution in [3.05, 3.63) is 59.7 Å². The molecular weight excluding hydrogens is 396 g/mol. The van der Waals surface area contributed by atoms with Crippen LogP contribution in [0.5, 0.6) is 5.88 Å². The van der Waals surface area contributed by atoms with Crippen molar-refractivity contribution in [2.45, 2.75) is 26.0 Å². The van der Waals surface area contributed by atoms with Crippen LogP contribution in [-0.2, 0) is 9.53 Å². The summed E-state index contributed by atoms with van der Waals surface area (Å²) in [6, 6.07) is 14.4. The Morgan fingerprint density at radius 3 is 2.74 bits per heavy atom. The minimum absolute atomic E-state index is 0.161. The minimum Gasteiger partial charge on any atom is -0.481 e. The van der Waals surface area contributed by atoms with Crippen molar-refractivity contribution in [1.82, 2.24) is 15.3 Å². The molecule has 1 aromatic carbocycles. The lowest BCUT2D eigenvalue weighted by Gasteiger charge is -2.24. The van der Waals surface area contributed by atoms with Crippen LogP contribution in [0.3, 0.4) is 0 Å². The fourth-order valence-electron chi connectivity index (χ4n) is 3.50. The molecule has 1 atom stereocenters. The zero-order valence-corrected chi connectivity index (χ0v) is 17.5. The Kier molecular flexibility index (Phi) is 6.08. The third kappa shape index (κ3) is 4.20. The van der Waals surface area contributed by atoms with Crippen molar-refractivity contribution < 1.29 is 19.1 Å². The number of amides is 2. The van der Waals surface area contributed by atoms with Crippen molar-refractivity contribution in [3.63, 3.8) is 0 Å². The van der Waals surface area contributed by atoms with Crippen molar-refractivity contribution >= 4 is 28.7 Å². The summed E-state index contributed by atoms with van der Waals surface area (Å²) in [5.74, 6) is 0.375. The van der Waals surface area contributed by atoms with E-state index in [2.05, 4.69) is 22.2 Å². The van der Waals surface area contributed by atoms with Crippen LogP contribution in [0.15, 0.2) is 48.5 Å². The zero-order valence-electron chi connectivity index (χ0n) is 17.5. The molecule has 31 heavy (non-hydrogen) atoms. The van der Waals surface area contributed by atoms with E-state index in [1.807, 2.05) is 24.3 Å². The fourth-order valence-corrected chi connectivity index (χ4v) is 3.50. The summed E-state index contributed by atoms with van der Waals surface area (Å²) >= 11 is 0. The van der Waals surface area contributed by atoms with Gasteiger partial charge < -0.3 is 14.8 Å². The molecule has 3 heterocycles. The predicted octanol–water partition coefficient (Wildman–Crippen LogP) is 3.23. The molecule has 1 unspecified atom stereocenters. The molecule has 2 aromatic heterocycles. The maximum atomic E-state index is 13.2. The largest absolute Gasteiger partial charge is 0.481 e. The molecule has 0 saturated heterocycles. The first-order chi connectivity index (χ1) is 15.1. The molecule has 1 aliphatic rings. The van der Waals surface area contributed by atoms with E-state index < -0.39 is 6.23 Å². The van der Waals surface area contributed by atoms with Crippen LogP contribution < -0.4 is 15.0 Å². The lowest BCUT2D eigenvalue weighted by atomic mass is 10.1. The fraction of sp³-hybridized carbons (Fsp3) is 0.304. The molecule has 3 aromatic rings. The Balaban J connectivity index is 1.64. The molecule has 0 aliphatic carbocycles. The van der Waals surface area contributed by atoms with Crippen LogP contribution in [0, 0.1) is 0 Å². The van der Waals surface area contributed by atoms with Gasteiger partial charge in [-0.1, -0.05) is 31.5 Å². The second kappa shape index (κ2) is 9.09. The maximum absolute atomic E-state index is 13.2. The highest BCUT2D eigenvalue weighted by Gasteiger charge is 2.39. The molecular formula is C23H24N4O4. The predicted molar refractivity (Wildman–Crippen MR) is 116 cm³/mol. The van der Waals surface area contributed by atoms with Gasteiger partial charge in [0, 0.05) is 29.1 Å². The second-order valence-electron chi connectivity index (χ2n) is 7.20. The van der Waals surface area contributed by atoms with E-state index in [1.165, 1.54) is 12.0 Å². The third-order valence-corrected chi connectivity index (χ3v) is 5.10. The van der Waals surface area contributed by atoms with E-state index in [4.69, 9.17) is 9.47 Å². The van der Waals surface area contributed by atoms with Crippen LogP contribution >= 0.6 is 0 Å². The number of hydrogen-bond acceptors (Lipinski definition) is 6. The van der Waals surface area contributed by atoms with Gasteiger partial charge in [-0.15, -0.1) is 0 Å². The Hall–Kier alpha value is -3.52. The van der Waals surface area contributed by atoms with Gasteiger partial charge >= 0.3 is 0 Å². The smallest absolute Gasteiger partial charge is 0.262 e. The molecule has 0 fully saturated rings. The Bertz CT molecular complexity index is 1120. The number of aromatic nitrogens is 2. The van der Waals surface area contributed by atoms with E-state index in [9.17, 15) is 9.59 Å². The van der Waals surface area contributed by atoms with E-state index in [-0.39, 0.29) is 18.4 Å². The van der Waals surface area contributed by atoms with Gasteiger partial charge in [-0.05, 0) is 30.7 Å². The number of nitrogens with one attached hydrogen (secondary N) is 1. The van der Waals surface area contributed by atoms with Crippen LogP contribution in [0.25, 0.3) is 11.0 Å². The number of rotatable bonds is 8. The van der Waals surface area contributed by atoms with Crippen LogP contribution in [0.4, 0.5) is 5.82 Å². The van der Waals surface area contributed by atoms with Crippen LogP contribution in [-0.4, -0.2) is 42.0 Å². The molecule has 0 radical (unpaired) electrons. The SMILES string of the molecule is CCCCNC(=O)COC1c2ccccc2C(=O)N1c1ccc2ccc(OC)nc2n1. The lowest BCUT2D eigenvalue weighted by Crippen LogP contribution is -2.34. The van der Waals surface area contributed by atoms with Gasteiger partial charge in [0.05, 0.1) is 7.11 Å². The van der Waals surface area contributed by atoms with Crippen molar-refractivity contribution in [2.24, 2.45) is 0 Å². The van der Waals surface area contributed by atoms with Gasteiger partial charge in [0.15, 0.2) is 11.9 Å². The first-order valence-corrected chi connectivity index (χ1v) is 10.2. The van der Waals surface area contributed by atoms with Gasteiger partial charge in [0.25, 0.3) is 5.91 Å². The number of benzene rings is 1. The number of unbranched alkanes of at least 4 members (excludes halogenated alkanes) is 1. The molecule has 0 saturated carbocycles. The van der Waals surface area contributed by atoms with Gasteiger partial charge in [-0.2, -0.15) is 4.98 Å².